The third-order valence-corrected chi connectivity index (χ3v) is 2.13. The van der Waals surface area contributed by atoms with Gasteiger partial charge in [0.25, 0.3) is 0 Å². The Morgan fingerprint density at radius 3 is 2.38 bits per heavy atom. The summed E-state index contributed by atoms with van der Waals surface area (Å²) in [5.41, 5.74) is 2.97. The van der Waals surface area contributed by atoms with Crippen molar-refractivity contribution in [2.24, 2.45) is 5.10 Å². The fourth-order valence-corrected chi connectivity index (χ4v) is 0.937. The molecule has 0 aliphatic rings. The molecule has 5 nitrogen and oxygen atoms in total. The van der Waals surface area contributed by atoms with Gasteiger partial charge in [0.2, 0.25) is 11.8 Å². The highest BCUT2D eigenvalue weighted by Crippen LogP contribution is 1.91. The minimum atomic E-state index is -0.151. The first kappa shape index (κ1) is 14.6. The topological polar surface area (TPSA) is 70.6 Å². The molecule has 0 aromatic heterocycles. The summed E-state index contributed by atoms with van der Waals surface area (Å²) in [5, 5.41) is 6.65. The van der Waals surface area contributed by atoms with Gasteiger partial charge in [0, 0.05) is 18.2 Å². The molecule has 0 rings (SSSR count). The van der Waals surface area contributed by atoms with Crippen LogP contribution in [0.5, 0.6) is 0 Å². The van der Waals surface area contributed by atoms with Crippen molar-refractivity contribution in [2.75, 3.05) is 0 Å². The van der Waals surface area contributed by atoms with Gasteiger partial charge in [-0.3, -0.25) is 9.59 Å². The van der Waals surface area contributed by atoms with Gasteiger partial charge in [-0.1, -0.05) is 13.8 Å². The Hall–Kier alpha value is -1.39. The van der Waals surface area contributed by atoms with Crippen molar-refractivity contribution in [3.8, 4) is 0 Å². The summed E-state index contributed by atoms with van der Waals surface area (Å²) in [5.74, 6) is -0.219. The number of hydrogen-bond donors (Lipinski definition) is 2. The number of nitrogens with zero attached hydrogens (tertiary/aromatic N) is 1. The third kappa shape index (κ3) is 6.98. The molecule has 0 aliphatic heterocycles. The zero-order valence-electron chi connectivity index (χ0n) is 10.5. The molecule has 1 unspecified atom stereocenters. The highest BCUT2D eigenvalue weighted by atomic mass is 16.2. The standard InChI is InChI=1S/C11H21N3O2/c1-5-8(3)12-11(16)7-9(4)13-14-10(15)6-2/h8H,5-7H2,1-4H3,(H,12,16)(H,14,15). The number of nitrogens with one attached hydrogen (secondary N) is 2. The normalized spacial score (nSPS) is 13.1. The molecule has 0 spiro atoms. The van der Waals surface area contributed by atoms with Gasteiger partial charge in [-0.25, -0.2) is 5.43 Å². The van der Waals surface area contributed by atoms with Crippen molar-refractivity contribution in [1.29, 1.82) is 0 Å². The molecular weight excluding hydrogens is 206 g/mol. The van der Waals surface area contributed by atoms with Crippen molar-refractivity contribution < 1.29 is 9.59 Å². The lowest BCUT2D eigenvalue weighted by Crippen LogP contribution is -2.33. The van der Waals surface area contributed by atoms with Crippen molar-refractivity contribution >= 4 is 17.5 Å². The summed E-state index contributed by atoms with van der Waals surface area (Å²) < 4.78 is 0. The highest BCUT2D eigenvalue weighted by Gasteiger charge is 2.07. The van der Waals surface area contributed by atoms with Crippen LogP contribution in [0.3, 0.4) is 0 Å². The first-order valence-electron chi connectivity index (χ1n) is 5.60. The molecule has 0 saturated carbocycles. The van der Waals surface area contributed by atoms with Gasteiger partial charge in [-0.2, -0.15) is 5.10 Å². The average Bonchev–Trinajstić information content (AvgIpc) is 2.25. The van der Waals surface area contributed by atoms with Crippen LogP contribution in [-0.4, -0.2) is 23.6 Å². The third-order valence-electron chi connectivity index (χ3n) is 2.13. The van der Waals surface area contributed by atoms with E-state index in [0.29, 0.717) is 12.1 Å². The highest BCUT2D eigenvalue weighted by molar-refractivity contribution is 6.00. The van der Waals surface area contributed by atoms with Gasteiger partial charge in [-0.05, 0) is 20.3 Å². The van der Waals surface area contributed by atoms with Crippen LogP contribution in [0, 0.1) is 0 Å². The molecule has 16 heavy (non-hydrogen) atoms. The summed E-state index contributed by atoms with van der Waals surface area (Å²) in [6, 6.07) is 0.172. The largest absolute Gasteiger partial charge is 0.353 e. The Morgan fingerprint density at radius 1 is 1.25 bits per heavy atom. The Morgan fingerprint density at radius 2 is 1.88 bits per heavy atom. The lowest BCUT2D eigenvalue weighted by Gasteiger charge is -2.10. The van der Waals surface area contributed by atoms with Crippen LogP contribution in [-0.2, 0) is 9.59 Å². The van der Waals surface area contributed by atoms with Crippen molar-refractivity contribution in [1.82, 2.24) is 10.7 Å². The molecule has 0 radical (unpaired) electrons. The van der Waals surface area contributed by atoms with E-state index in [0.717, 1.165) is 6.42 Å². The van der Waals surface area contributed by atoms with E-state index in [4.69, 9.17) is 0 Å². The van der Waals surface area contributed by atoms with E-state index in [1.807, 2.05) is 13.8 Å². The van der Waals surface area contributed by atoms with E-state index < -0.39 is 0 Å². The Balaban J connectivity index is 3.98. The van der Waals surface area contributed by atoms with Gasteiger partial charge in [0.05, 0.1) is 6.42 Å². The zero-order chi connectivity index (χ0) is 12.6. The van der Waals surface area contributed by atoms with Crippen molar-refractivity contribution in [2.45, 2.75) is 53.0 Å². The number of carbonyl (C=O) groups excluding carboxylic acids is 2. The van der Waals surface area contributed by atoms with E-state index in [1.54, 1.807) is 13.8 Å². The Bertz CT molecular complexity index is 274. The zero-order valence-corrected chi connectivity index (χ0v) is 10.5. The molecule has 0 fully saturated rings. The minimum Gasteiger partial charge on any atom is -0.353 e. The SMILES string of the molecule is CCC(=O)NN=C(C)CC(=O)NC(C)CC. The molecule has 0 aromatic rings. The Labute approximate surface area is 96.7 Å². The van der Waals surface area contributed by atoms with E-state index in [2.05, 4.69) is 15.8 Å². The summed E-state index contributed by atoms with van der Waals surface area (Å²) in [6.07, 6.45) is 1.50. The maximum atomic E-state index is 11.4. The molecule has 0 saturated heterocycles. The minimum absolute atomic E-state index is 0.0682. The first-order chi connectivity index (χ1) is 7.49. The summed E-state index contributed by atoms with van der Waals surface area (Å²) in [7, 11) is 0. The number of hydrazone groups is 1. The molecule has 5 heteroatoms. The molecular formula is C11H21N3O2. The quantitative estimate of drug-likeness (QED) is 0.528. The predicted molar refractivity (Wildman–Crippen MR) is 64.1 cm³/mol. The number of carbonyl (C=O) groups is 2. The maximum Gasteiger partial charge on any atom is 0.239 e. The van der Waals surface area contributed by atoms with Gasteiger partial charge in [0.1, 0.15) is 0 Å². The lowest BCUT2D eigenvalue weighted by atomic mass is 10.2. The average molecular weight is 227 g/mol. The summed E-state index contributed by atoms with van der Waals surface area (Å²) >= 11 is 0. The first-order valence-corrected chi connectivity index (χ1v) is 5.60. The van der Waals surface area contributed by atoms with Gasteiger partial charge in [-0.15, -0.1) is 0 Å². The molecule has 0 aromatic carbocycles. The van der Waals surface area contributed by atoms with E-state index in [-0.39, 0.29) is 24.3 Å². The second-order valence-corrected chi connectivity index (χ2v) is 3.79. The van der Waals surface area contributed by atoms with Crippen LogP contribution in [0.1, 0.15) is 47.0 Å². The van der Waals surface area contributed by atoms with Crippen molar-refractivity contribution in [3.05, 3.63) is 0 Å². The molecule has 0 heterocycles. The molecule has 2 N–H and O–H groups in total. The molecule has 2 amide bonds. The molecule has 0 aliphatic carbocycles. The fourth-order valence-electron chi connectivity index (χ4n) is 0.937. The number of amides is 2. The summed E-state index contributed by atoms with van der Waals surface area (Å²) in [6.45, 7) is 7.42. The lowest BCUT2D eigenvalue weighted by molar-refractivity contribution is -0.121. The van der Waals surface area contributed by atoms with E-state index >= 15 is 0 Å². The van der Waals surface area contributed by atoms with E-state index in [9.17, 15) is 9.59 Å². The molecule has 92 valence electrons. The van der Waals surface area contributed by atoms with Crippen LogP contribution in [0.25, 0.3) is 0 Å². The summed E-state index contributed by atoms with van der Waals surface area (Å²) in [4.78, 5) is 22.3. The van der Waals surface area contributed by atoms with Crippen LogP contribution in [0.4, 0.5) is 0 Å². The maximum absolute atomic E-state index is 11.4. The number of hydrogen-bond acceptors (Lipinski definition) is 3. The predicted octanol–water partition coefficient (Wildman–Crippen LogP) is 1.19. The number of rotatable bonds is 6. The monoisotopic (exact) mass is 227 g/mol. The molecule has 1 atom stereocenters. The van der Waals surface area contributed by atoms with Gasteiger partial charge >= 0.3 is 0 Å². The van der Waals surface area contributed by atoms with Crippen LogP contribution >= 0.6 is 0 Å². The van der Waals surface area contributed by atoms with Gasteiger partial charge < -0.3 is 5.32 Å². The second-order valence-electron chi connectivity index (χ2n) is 3.79. The van der Waals surface area contributed by atoms with Crippen LogP contribution < -0.4 is 10.7 Å². The Kier molecular flexibility index (Phi) is 7.16. The molecule has 0 bridgehead atoms. The van der Waals surface area contributed by atoms with Crippen molar-refractivity contribution in [3.63, 3.8) is 0 Å². The van der Waals surface area contributed by atoms with Crippen LogP contribution in [0.2, 0.25) is 0 Å². The smallest absolute Gasteiger partial charge is 0.239 e. The van der Waals surface area contributed by atoms with E-state index in [1.165, 1.54) is 0 Å². The van der Waals surface area contributed by atoms with Gasteiger partial charge in [0.15, 0.2) is 0 Å². The second kappa shape index (κ2) is 7.84. The van der Waals surface area contributed by atoms with Crippen LogP contribution in [0.15, 0.2) is 5.10 Å². The fraction of sp³-hybridized carbons (Fsp3) is 0.727.